The van der Waals surface area contributed by atoms with E-state index in [1.54, 1.807) is 30.3 Å². The number of hydrogen-bond donors (Lipinski definition) is 2. The molecule has 0 aliphatic carbocycles. The molecule has 23 heavy (non-hydrogen) atoms. The van der Waals surface area contributed by atoms with Gasteiger partial charge >= 0.3 is 11.8 Å². The van der Waals surface area contributed by atoms with Crippen molar-refractivity contribution in [1.82, 2.24) is 10.6 Å². The number of amides is 2. The number of carbonyl (C=O) groups excluding carboxylic acids is 2. The van der Waals surface area contributed by atoms with Gasteiger partial charge in [0, 0.05) is 24.2 Å². The van der Waals surface area contributed by atoms with Crippen LogP contribution in [0.1, 0.15) is 17.4 Å². The Morgan fingerprint density at radius 1 is 1.17 bits per heavy atom. The third-order valence-electron chi connectivity index (χ3n) is 3.19. The molecule has 7 heteroatoms. The van der Waals surface area contributed by atoms with Gasteiger partial charge in [0.2, 0.25) is 0 Å². The first kappa shape index (κ1) is 17.1. The van der Waals surface area contributed by atoms with Crippen LogP contribution in [0.2, 0.25) is 5.02 Å². The molecule has 1 aromatic carbocycles. The molecule has 0 saturated heterocycles. The first-order chi connectivity index (χ1) is 11.1. The van der Waals surface area contributed by atoms with E-state index < -0.39 is 17.9 Å². The lowest BCUT2D eigenvalue weighted by Gasteiger charge is -2.17. The molecule has 2 amide bonds. The van der Waals surface area contributed by atoms with Gasteiger partial charge in [0.25, 0.3) is 0 Å². The highest BCUT2D eigenvalue weighted by molar-refractivity contribution is 6.35. The first-order valence-electron chi connectivity index (χ1n) is 6.97. The van der Waals surface area contributed by atoms with Crippen molar-refractivity contribution in [2.45, 2.75) is 12.6 Å². The summed E-state index contributed by atoms with van der Waals surface area (Å²) in [7, 11) is 1.51. The monoisotopic (exact) mass is 336 g/mol. The van der Waals surface area contributed by atoms with Crippen molar-refractivity contribution < 1.29 is 18.7 Å². The normalized spacial score (nSPS) is 11.7. The van der Waals surface area contributed by atoms with Crippen molar-refractivity contribution in [2.75, 3.05) is 13.7 Å². The average Bonchev–Trinajstić information content (AvgIpc) is 3.07. The number of rotatable bonds is 6. The van der Waals surface area contributed by atoms with Crippen molar-refractivity contribution in [3.63, 3.8) is 0 Å². The van der Waals surface area contributed by atoms with Crippen LogP contribution in [0.15, 0.2) is 47.1 Å². The molecule has 0 saturated carbocycles. The molecule has 2 aromatic rings. The minimum Gasteiger partial charge on any atom is -0.467 e. The Balaban J connectivity index is 1.84. The molecule has 0 fully saturated rings. The summed E-state index contributed by atoms with van der Waals surface area (Å²) in [4.78, 5) is 23.5. The standard InChI is InChI=1S/C16H17ClN2O4/c1-22-14(12-6-2-3-7-13(12)17)10-19-16(21)15(20)18-9-11-5-4-8-23-11/h2-8,14H,9-10H2,1H3,(H,18,20)(H,19,21). The van der Waals surface area contributed by atoms with Gasteiger partial charge < -0.3 is 19.8 Å². The summed E-state index contributed by atoms with van der Waals surface area (Å²) in [5.74, 6) is -0.918. The van der Waals surface area contributed by atoms with E-state index in [0.29, 0.717) is 10.8 Å². The molecule has 2 rings (SSSR count). The maximum Gasteiger partial charge on any atom is 0.309 e. The lowest BCUT2D eigenvalue weighted by Crippen LogP contribution is -2.41. The fraction of sp³-hybridized carbons (Fsp3) is 0.250. The predicted octanol–water partition coefficient (Wildman–Crippen LogP) is 2.05. The lowest BCUT2D eigenvalue weighted by molar-refractivity contribution is -0.139. The van der Waals surface area contributed by atoms with Crippen LogP contribution in [0.4, 0.5) is 0 Å². The van der Waals surface area contributed by atoms with E-state index in [1.807, 2.05) is 6.07 Å². The molecule has 0 spiro atoms. The first-order valence-corrected chi connectivity index (χ1v) is 7.35. The van der Waals surface area contributed by atoms with Crippen molar-refractivity contribution >= 4 is 23.4 Å². The Morgan fingerprint density at radius 2 is 1.91 bits per heavy atom. The van der Waals surface area contributed by atoms with E-state index in [0.717, 1.165) is 5.56 Å². The van der Waals surface area contributed by atoms with Gasteiger partial charge in [-0.15, -0.1) is 0 Å². The van der Waals surface area contributed by atoms with Gasteiger partial charge in [0.15, 0.2) is 0 Å². The van der Waals surface area contributed by atoms with Crippen molar-refractivity contribution in [3.8, 4) is 0 Å². The number of hydrogen-bond acceptors (Lipinski definition) is 4. The maximum atomic E-state index is 11.8. The summed E-state index contributed by atoms with van der Waals surface area (Å²) in [5.41, 5.74) is 0.743. The minimum absolute atomic E-state index is 0.132. The Hall–Kier alpha value is -2.31. The van der Waals surface area contributed by atoms with E-state index in [4.69, 9.17) is 20.8 Å². The molecule has 0 aliphatic heterocycles. The molecule has 0 bridgehead atoms. The fourth-order valence-corrected chi connectivity index (χ4v) is 2.24. The number of methoxy groups -OCH3 is 1. The van der Waals surface area contributed by atoms with Crippen LogP contribution in [0, 0.1) is 0 Å². The second-order valence-electron chi connectivity index (χ2n) is 4.72. The van der Waals surface area contributed by atoms with E-state index in [-0.39, 0.29) is 13.1 Å². The van der Waals surface area contributed by atoms with Gasteiger partial charge in [-0.05, 0) is 18.2 Å². The molecular formula is C16H17ClN2O4. The topological polar surface area (TPSA) is 80.6 Å². The Kier molecular flexibility index (Phi) is 6.19. The largest absolute Gasteiger partial charge is 0.467 e. The Labute approximate surface area is 138 Å². The van der Waals surface area contributed by atoms with Gasteiger partial charge in [-0.2, -0.15) is 0 Å². The van der Waals surface area contributed by atoms with Gasteiger partial charge in [-0.1, -0.05) is 29.8 Å². The number of furan rings is 1. The highest BCUT2D eigenvalue weighted by atomic mass is 35.5. The number of carbonyl (C=O) groups is 2. The summed E-state index contributed by atoms with van der Waals surface area (Å²) in [5, 5.41) is 5.53. The van der Waals surface area contributed by atoms with Gasteiger partial charge in [0.05, 0.1) is 12.8 Å². The van der Waals surface area contributed by atoms with Crippen LogP contribution >= 0.6 is 11.6 Å². The quantitative estimate of drug-likeness (QED) is 0.791. The van der Waals surface area contributed by atoms with Crippen LogP contribution in [0.25, 0.3) is 0 Å². The summed E-state index contributed by atoms with van der Waals surface area (Å²) in [6.45, 7) is 0.282. The summed E-state index contributed by atoms with van der Waals surface area (Å²) in [6.07, 6.45) is 1.06. The van der Waals surface area contributed by atoms with Crippen LogP contribution in [0.5, 0.6) is 0 Å². The highest BCUT2D eigenvalue weighted by Gasteiger charge is 2.18. The second kappa shape index (κ2) is 8.36. The zero-order valence-corrected chi connectivity index (χ0v) is 13.3. The Bertz CT molecular complexity index is 658. The maximum absolute atomic E-state index is 11.8. The highest BCUT2D eigenvalue weighted by Crippen LogP contribution is 2.24. The van der Waals surface area contributed by atoms with Crippen LogP contribution in [0.3, 0.4) is 0 Å². The SMILES string of the molecule is COC(CNC(=O)C(=O)NCc1ccco1)c1ccccc1Cl. The van der Waals surface area contributed by atoms with E-state index in [1.165, 1.54) is 13.4 Å². The van der Waals surface area contributed by atoms with Crippen LogP contribution < -0.4 is 10.6 Å². The number of ether oxygens (including phenoxy) is 1. The van der Waals surface area contributed by atoms with Gasteiger partial charge in [-0.25, -0.2) is 0 Å². The summed E-state index contributed by atoms with van der Waals surface area (Å²) < 4.78 is 10.4. The third kappa shape index (κ3) is 4.84. The average molecular weight is 337 g/mol. The molecule has 1 atom stereocenters. The molecule has 2 N–H and O–H groups in total. The lowest BCUT2D eigenvalue weighted by atomic mass is 10.1. The molecule has 0 radical (unpaired) electrons. The van der Waals surface area contributed by atoms with Gasteiger partial charge in [0.1, 0.15) is 11.9 Å². The van der Waals surface area contributed by atoms with E-state index in [2.05, 4.69) is 10.6 Å². The molecular weight excluding hydrogens is 320 g/mol. The molecule has 122 valence electrons. The molecule has 1 aromatic heterocycles. The third-order valence-corrected chi connectivity index (χ3v) is 3.54. The number of nitrogens with one attached hydrogen (secondary N) is 2. The summed E-state index contributed by atoms with van der Waals surface area (Å²) >= 11 is 6.10. The smallest absolute Gasteiger partial charge is 0.309 e. The molecule has 6 nitrogen and oxygen atoms in total. The fourth-order valence-electron chi connectivity index (χ4n) is 1.98. The zero-order valence-electron chi connectivity index (χ0n) is 12.5. The van der Waals surface area contributed by atoms with Crippen LogP contribution in [-0.2, 0) is 20.9 Å². The summed E-state index contributed by atoms with van der Waals surface area (Å²) in [6, 6.07) is 10.6. The van der Waals surface area contributed by atoms with Crippen molar-refractivity contribution in [3.05, 3.63) is 59.0 Å². The predicted molar refractivity (Wildman–Crippen MR) is 84.8 cm³/mol. The second-order valence-corrected chi connectivity index (χ2v) is 5.13. The van der Waals surface area contributed by atoms with Crippen molar-refractivity contribution in [2.24, 2.45) is 0 Å². The number of benzene rings is 1. The molecule has 0 aliphatic rings. The van der Waals surface area contributed by atoms with Crippen LogP contribution in [-0.4, -0.2) is 25.5 Å². The van der Waals surface area contributed by atoms with Gasteiger partial charge in [-0.3, -0.25) is 9.59 Å². The van der Waals surface area contributed by atoms with E-state index >= 15 is 0 Å². The minimum atomic E-state index is -0.745. The molecule has 1 heterocycles. The van der Waals surface area contributed by atoms with E-state index in [9.17, 15) is 9.59 Å². The number of halogens is 1. The Morgan fingerprint density at radius 3 is 2.57 bits per heavy atom. The van der Waals surface area contributed by atoms with Crippen molar-refractivity contribution in [1.29, 1.82) is 0 Å². The molecule has 1 unspecified atom stereocenters. The zero-order chi connectivity index (χ0) is 16.7.